The largest absolute Gasteiger partial charge is 0.744 e. The Morgan fingerprint density at radius 2 is 0.860 bits per heavy atom. The maximum Gasteiger partial charge on any atom is 0.323 e. The van der Waals surface area contributed by atoms with Crippen molar-refractivity contribution in [3.63, 3.8) is 0 Å². The molecule has 0 saturated heterocycles. The van der Waals surface area contributed by atoms with Gasteiger partial charge in [0, 0.05) is 81.2 Å². The van der Waals surface area contributed by atoms with E-state index in [0.717, 1.165) is 18.2 Å². The SMILES string of the molecule is Cc1ccc(C(=O)Nc2ccc(S(=O)(=O)[O-])c3cc(S(=O)(=O)[O-])cc(SOO[O-])c23)cc1NC(=O)c1cccc(NC(=O)Nc2cccc(C(=O)Nc3cc(C(=O)Nc4ccc(SOO[O-])c5cc(SOO[O-])cc(S(=O)(=O)[O-])c45)ccc3C)c2)c1. The highest BCUT2D eigenvalue weighted by atomic mass is 32.2. The van der Waals surface area contributed by atoms with Gasteiger partial charge in [-0.05, 0) is 134 Å². The molecule has 0 unspecified atom stereocenters. The van der Waals surface area contributed by atoms with Crippen LogP contribution in [0.4, 0.5) is 38.9 Å². The second-order valence-electron chi connectivity index (χ2n) is 17.5. The zero-order valence-electron chi connectivity index (χ0n) is 43.0. The Kier molecular flexibility index (Phi) is 20.1. The quantitative estimate of drug-likeness (QED) is 0.0206. The van der Waals surface area contributed by atoms with Gasteiger partial charge in [0.25, 0.3) is 23.6 Å². The molecule has 8 aromatic rings. The first-order chi connectivity index (χ1) is 40.8. The molecule has 0 aliphatic carbocycles. The molecular formula is C51H34N6O23S6-6. The summed E-state index contributed by atoms with van der Waals surface area (Å²) in [7, 11) is -15.9. The number of amides is 6. The minimum atomic E-state index is -5.34. The van der Waals surface area contributed by atoms with Gasteiger partial charge in [-0.2, -0.15) is 13.0 Å². The molecule has 0 aromatic heterocycles. The second kappa shape index (κ2) is 27.0. The minimum absolute atomic E-state index is 0.0281. The molecule has 0 bridgehead atoms. The Balaban J connectivity index is 0.930. The summed E-state index contributed by atoms with van der Waals surface area (Å²) >= 11 is 0.634. The van der Waals surface area contributed by atoms with Crippen molar-refractivity contribution in [1.29, 1.82) is 0 Å². The van der Waals surface area contributed by atoms with E-state index in [0.29, 0.717) is 35.3 Å². The molecule has 0 heterocycles. The maximum atomic E-state index is 13.8. The predicted octanol–water partition coefficient (Wildman–Crippen LogP) is 5.67. The molecule has 6 amide bonds. The van der Waals surface area contributed by atoms with E-state index < -0.39 is 85.0 Å². The number of carbonyl (C=O) groups excluding carboxylic acids is 5. The lowest BCUT2D eigenvalue weighted by molar-refractivity contribution is -0.777. The summed E-state index contributed by atoms with van der Waals surface area (Å²) in [5.41, 5.74) is 0.981. The summed E-state index contributed by atoms with van der Waals surface area (Å²) in [6.07, 6.45) is 0. The number of carbonyl (C=O) groups is 5. The Morgan fingerprint density at radius 1 is 0.407 bits per heavy atom. The average molecular weight is 1290 g/mol. The second-order valence-corrected chi connectivity index (χ2v) is 23.9. The fraction of sp³-hybridized carbons (Fsp3) is 0.0392. The van der Waals surface area contributed by atoms with E-state index in [-0.39, 0.29) is 106 Å². The van der Waals surface area contributed by atoms with E-state index in [4.69, 9.17) is 0 Å². The van der Waals surface area contributed by atoms with Gasteiger partial charge in [0.05, 0.1) is 62.2 Å². The summed E-state index contributed by atoms with van der Waals surface area (Å²) in [5, 5.41) is 56.1. The molecule has 29 nitrogen and oxygen atoms in total. The van der Waals surface area contributed by atoms with Crippen LogP contribution in [-0.4, -0.2) is 68.6 Å². The van der Waals surface area contributed by atoms with Gasteiger partial charge in [0.1, 0.15) is 30.4 Å². The Labute approximate surface area is 497 Å². The Bertz CT molecular complexity index is 4410. The van der Waals surface area contributed by atoms with E-state index in [1.807, 2.05) is 0 Å². The molecule has 8 aromatic carbocycles. The highest BCUT2D eigenvalue weighted by Gasteiger charge is 2.24. The smallest absolute Gasteiger partial charge is 0.323 e. The van der Waals surface area contributed by atoms with Crippen molar-refractivity contribution >= 4 is 152 Å². The van der Waals surface area contributed by atoms with Crippen molar-refractivity contribution in [2.24, 2.45) is 0 Å². The minimum Gasteiger partial charge on any atom is -0.744 e. The summed E-state index contributed by atoms with van der Waals surface area (Å²) in [6, 6.07) is 26.6. The van der Waals surface area contributed by atoms with Gasteiger partial charge in [0.2, 0.25) is 0 Å². The lowest BCUT2D eigenvalue weighted by Crippen LogP contribution is -2.21. The molecule has 0 saturated carbocycles. The third kappa shape index (κ3) is 15.4. The van der Waals surface area contributed by atoms with Crippen LogP contribution in [0.15, 0.2) is 163 Å². The predicted molar refractivity (Wildman–Crippen MR) is 296 cm³/mol. The number of benzene rings is 8. The third-order valence-electron chi connectivity index (χ3n) is 12.1. The molecule has 0 aliphatic heterocycles. The zero-order chi connectivity index (χ0) is 62.3. The van der Waals surface area contributed by atoms with Crippen molar-refractivity contribution in [2.45, 2.75) is 43.2 Å². The van der Waals surface area contributed by atoms with Gasteiger partial charge in [-0.3, -0.25) is 34.3 Å². The maximum absolute atomic E-state index is 13.8. The lowest BCUT2D eigenvalue weighted by Gasteiger charge is -2.19. The van der Waals surface area contributed by atoms with Gasteiger partial charge >= 0.3 is 6.03 Å². The first-order valence-electron chi connectivity index (χ1n) is 23.5. The molecule has 0 fully saturated rings. The number of anilines is 6. The highest BCUT2D eigenvalue weighted by Crippen LogP contribution is 2.42. The van der Waals surface area contributed by atoms with Crippen LogP contribution in [0.3, 0.4) is 0 Å². The summed E-state index contributed by atoms with van der Waals surface area (Å²) < 4.78 is 123. The standard InChI is InChI=1S/C51H40N6O23S6/c1-25-9-11-29(49(60)54-37-14-16-43(85(69,70)71)36-23-34(84(66,67)68)24-42(45(36)37)83-80-77-65)19-39(25)56-47(58)27-5-3-7-31(17-27)52-51(62)53-32-8-4-6-28(18-32)48(59)57-40-20-30(12-10-26(40)2)50(61)55-38-13-15-41(82-79-76-64)35-21-33(81-78-75-63)22-44(46(35)38)86(72,73)74/h3-24,63-65H,1-2H3,(H,54,60)(H,55,61)(H,56,58)(H,57,59)(H2,52,53,62)(H,66,67,68)(H,69,70,71)(H,72,73,74)/p-6. The first-order valence-corrected chi connectivity index (χ1v) is 29.9. The third-order valence-corrected chi connectivity index (χ3v) is 16.5. The molecule has 0 aliphatic rings. The van der Waals surface area contributed by atoms with Gasteiger partial charge in [-0.15, -0.1) is 0 Å². The van der Waals surface area contributed by atoms with Crippen LogP contribution in [-0.2, 0) is 58.5 Å². The fourth-order valence-corrected chi connectivity index (χ4v) is 11.8. The van der Waals surface area contributed by atoms with Crippen molar-refractivity contribution in [3.05, 3.63) is 167 Å². The molecule has 35 heteroatoms. The van der Waals surface area contributed by atoms with E-state index in [1.165, 1.54) is 103 Å². The molecule has 448 valence electrons. The summed E-state index contributed by atoms with van der Waals surface area (Å²) in [5.74, 6) is -3.12. The molecule has 0 spiro atoms. The monoisotopic (exact) mass is 1290 g/mol. The van der Waals surface area contributed by atoms with Crippen molar-refractivity contribution in [1.82, 2.24) is 0 Å². The molecule has 86 heavy (non-hydrogen) atoms. The first kappa shape index (κ1) is 63.9. The van der Waals surface area contributed by atoms with Gasteiger partial charge < -0.3 is 61.3 Å². The van der Waals surface area contributed by atoms with Crippen LogP contribution >= 0.6 is 36.1 Å². The molecule has 8 rings (SSSR count). The zero-order valence-corrected chi connectivity index (χ0v) is 47.9. The fourth-order valence-electron chi connectivity index (χ4n) is 8.24. The van der Waals surface area contributed by atoms with Crippen LogP contribution in [0, 0.1) is 13.8 Å². The molecule has 0 radical (unpaired) electrons. The summed E-state index contributed by atoms with van der Waals surface area (Å²) in [6.45, 7) is 3.23. The Morgan fingerprint density at radius 3 is 1.35 bits per heavy atom. The van der Waals surface area contributed by atoms with Crippen LogP contribution in [0.1, 0.15) is 52.6 Å². The number of nitrogens with one attached hydrogen (secondary N) is 6. The molecular weight excluding hydrogens is 1260 g/mol. The van der Waals surface area contributed by atoms with Crippen LogP contribution in [0.25, 0.3) is 21.5 Å². The van der Waals surface area contributed by atoms with Gasteiger partial charge in [-0.25, -0.2) is 30.0 Å². The molecule has 0 atom stereocenters. The van der Waals surface area contributed by atoms with Gasteiger partial charge in [0.15, 0.2) is 0 Å². The van der Waals surface area contributed by atoms with Gasteiger partial charge in [-0.1, -0.05) is 24.3 Å². The number of fused-ring (bicyclic) bond motifs is 2. The van der Waals surface area contributed by atoms with E-state index in [1.54, 1.807) is 13.8 Å². The molecule has 6 N–H and O–H groups in total. The summed E-state index contributed by atoms with van der Waals surface area (Å²) in [4.78, 5) is 64.7. The number of hydrogen-bond acceptors (Lipinski definition) is 26. The van der Waals surface area contributed by atoms with Crippen molar-refractivity contribution in [3.8, 4) is 0 Å². The normalized spacial score (nSPS) is 11.7. The average Bonchev–Trinajstić information content (AvgIpc) is 1.83. The number of hydrogen-bond donors (Lipinski definition) is 6. The van der Waals surface area contributed by atoms with E-state index in [2.05, 4.69) is 60.0 Å². The number of rotatable bonds is 22. The van der Waals surface area contributed by atoms with Crippen molar-refractivity contribution < 1.29 is 107 Å². The van der Waals surface area contributed by atoms with Crippen LogP contribution in [0.5, 0.6) is 0 Å². The lowest BCUT2D eigenvalue weighted by atomic mass is 10.1. The van der Waals surface area contributed by atoms with Crippen LogP contribution < -0.4 is 47.7 Å². The highest BCUT2D eigenvalue weighted by molar-refractivity contribution is 7.95. The topological polar surface area (TPSA) is 454 Å². The number of aryl methyl sites for hydroxylation is 2. The van der Waals surface area contributed by atoms with Crippen LogP contribution in [0.2, 0.25) is 0 Å². The van der Waals surface area contributed by atoms with Crippen molar-refractivity contribution in [2.75, 3.05) is 31.9 Å². The number of urea groups is 1. The van der Waals surface area contributed by atoms with E-state index in [9.17, 15) is 78.7 Å². The van der Waals surface area contributed by atoms with E-state index >= 15 is 0 Å². The Hall–Kier alpha value is -8.15.